The molecule has 1 amide bonds. The van der Waals surface area contributed by atoms with Crippen LogP contribution in [0.25, 0.3) is 0 Å². The van der Waals surface area contributed by atoms with Gasteiger partial charge in [0.15, 0.2) is 0 Å². The average Bonchev–Trinajstić information content (AvgIpc) is 3.06. The predicted molar refractivity (Wildman–Crippen MR) is 94.4 cm³/mol. The van der Waals surface area contributed by atoms with E-state index >= 15 is 0 Å². The van der Waals surface area contributed by atoms with Gasteiger partial charge in [-0.25, -0.2) is 0 Å². The van der Waals surface area contributed by atoms with Crippen molar-refractivity contribution in [3.05, 3.63) is 23.8 Å². The minimum atomic E-state index is -3.88. The van der Waals surface area contributed by atoms with E-state index in [9.17, 15) is 13.2 Å². The van der Waals surface area contributed by atoms with Crippen LogP contribution in [0.3, 0.4) is 0 Å². The van der Waals surface area contributed by atoms with E-state index in [4.69, 9.17) is 8.92 Å². The highest BCUT2D eigenvalue weighted by molar-refractivity contribution is 7.86. The van der Waals surface area contributed by atoms with Gasteiger partial charge in [0.2, 0.25) is 0 Å². The number of amides is 1. The Hall–Kier alpha value is -1.64. The number of hydrogen-bond donors (Lipinski definition) is 1. The minimum absolute atomic E-state index is 0.0322. The van der Waals surface area contributed by atoms with Gasteiger partial charge in [0.05, 0.1) is 24.2 Å². The zero-order chi connectivity index (χ0) is 18.4. The Morgan fingerprint density at radius 2 is 2.12 bits per heavy atom. The van der Waals surface area contributed by atoms with E-state index in [0.29, 0.717) is 18.3 Å². The molecular weight excluding hydrogens is 344 g/mol. The number of hydrogen-bond acceptors (Lipinski definition) is 6. The number of likely N-dealkylation sites (N-methyl/N-ethyl adjacent to an activating group) is 1. The molecule has 1 fully saturated rings. The van der Waals surface area contributed by atoms with Crippen molar-refractivity contribution in [1.29, 1.82) is 0 Å². The molecule has 1 aromatic rings. The number of nitrogens with zero attached hydrogens (tertiary/aromatic N) is 1. The van der Waals surface area contributed by atoms with Crippen molar-refractivity contribution >= 4 is 16.0 Å². The molecule has 0 spiro atoms. The van der Waals surface area contributed by atoms with Gasteiger partial charge in [-0.05, 0) is 51.1 Å². The SMILES string of the molecule is CCOS(=O)(=O)c1ccc(OC)c(C(=O)NCC2CCCN2CC)c1. The summed E-state index contributed by atoms with van der Waals surface area (Å²) in [4.78, 5) is 14.8. The molecule has 0 aliphatic carbocycles. The van der Waals surface area contributed by atoms with Gasteiger partial charge in [0.25, 0.3) is 16.0 Å². The summed E-state index contributed by atoms with van der Waals surface area (Å²) in [6.07, 6.45) is 2.17. The summed E-state index contributed by atoms with van der Waals surface area (Å²) in [5, 5.41) is 2.89. The van der Waals surface area contributed by atoms with Crippen LogP contribution >= 0.6 is 0 Å². The molecule has 1 heterocycles. The van der Waals surface area contributed by atoms with Gasteiger partial charge < -0.3 is 10.1 Å². The second-order valence-electron chi connectivity index (χ2n) is 5.86. The summed E-state index contributed by atoms with van der Waals surface area (Å²) in [7, 11) is -2.44. The molecule has 1 unspecified atom stereocenters. The maximum atomic E-state index is 12.6. The van der Waals surface area contributed by atoms with Crippen LogP contribution in [0.2, 0.25) is 0 Å². The van der Waals surface area contributed by atoms with E-state index in [2.05, 4.69) is 17.1 Å². The van der Waals surface area contributed by atoms with Crippen LogP contribution in [0.1, 0.15) is 37.0 Å². The lowest BCUT2D eigenvalue weighted by Crippen LogP contribution is -2.40. The van der Waals surface area contributed by atoms with Crippen LogP contribution in [0.15, 0.2) is 23.1 Å². The number of carbonyl (C=O) groups excluding carboxylic acids is 1. The lowest BCUT2D eigenvalue weighted by Gasteiger charge is -2.23. The summed E-state index contributed by atoms with van der Waals surface area (Å²) < 4.78 is 34.1. The van der Waals surface area contributed by atoms with E-state index in [1.807, 2.05) is 0 Å². The Balaban J connectivity index is 2.17. The third-order valence-corrected chi connectivity index (χ3v) is 5.76. The quantitative estimate of drug-likeness (QED) is 0.700. The highest BCUT2D eigenvalue weighted by atomic mass is 32.2. The Morgan fingerprint density at radius 3 is 2.76 bits per heavy atom. The first kappa shape index (κ1) is 19.7. The fraction of sp³-hybridized carbons (Fsp3) is 0.588. The van der Waals surface area contributed by atoms with Crippen LogP contribution in [-0.2, 0) is 14.3 Å². The molecule has 1 aliphatic heterocycles. The molecule has 1 N–H and O–H groups in total. The summed E-state index contributed by atoms with van der Waals surface area (Å²) in [6, 6.07) is 4.45. The van der Waals surface area contributed by atoms with Crippen LogP contribution in [0.4, 0.5) is 0 Å². The van der Waals surface area contributed by atoms with Crippen molar-refractivity contribution < 1.29 is 22.1 Å². The summed E-state index contributed by atoms with van der Waals surface area (Å²) >= 11 is 0. The number of rotatable bonds is 8. The highest BCUT2D eigenvalue weighted by Crippen LogP contribution is 2.24. The zero-order valence-corrected chi connectivity index (χ0v) is 15.8. The lowest BCUT2D eigenvalue weighted by molar-refractivity contribution is 0.0938. The van der Waals surface area contributed by atoms with E-state index in [1.165, 1.54) is 25.3 Å². The first-order valence-corrected chi connectivity index (χ1v) is 9.93. The van der Waals surface area contributed by atoms with Crippen LogP contribution in [0.5, 0.6) is 5.75 Å². The standard InChI is InChI=1S/C17H26N2O5S/c1-4-19-10-6-7-13(19)12-18-17(20)15-11-14(8-9-16(15)23-3)25(21,22)24-5-2/h8-9,11,13H,4-7,10,12H2,1-3H3,(H,18,20). The fourth-order valence-electron chi connectivity index (χ4n) is 3.09. The van der Waals surface area contributed by atoms with Crippen LogP contribution in [0, 0.1) is 0 Å². The van der Waals surface area contributed by atoms with Crippen molar-refractivity contribution in [2.24, 2.45) is 0 Å². The van der Waals surface area contributed by atoms with Gasteiger partial charge in [-0.15, -0.1) is 0 Å². The smallest absolute Gasteiger partial charge is 0.296 e. The van der Waals surface area contributed by atoms with E-state index in [-0.39, 0.29) is 23.0 Å². The lowest BCUT2D eigenvalue weighted by atomic mass is 10.1. The maximum Gasteiger partial charge on any atom is 0.296 e. The third-order valence-electron chi connectivity index (χ3n) is 4.38. The van der Waals surface area contributed by atoms with Crippen molar-refractivity contribution in [1.82, 2.24) is 10.2 Å². The number of ether oxygens (including phenoxy) is 1. The second kappa shape index (κ2) is 8.64. The molecule has 25 heavy (non-hydrogen) atoms. The topological polar surface area (TPSA) is 84.9 Å². The van der Waals surface area contributed by atoms with Gasteiger partial charge in [-0.1, -0.05) is 6.92 Å². The molecule has 1 atom stereocenters. The molecule has 8 heteroatoms. The number of benzene rings is 1. The number of nitrogens with one attached hydrogen (secondary N) is 1. The van der Waals surface area contributed by atoms with Crippen LogP contribution < -0.4 is 10.1 Å². The third kappa shape index (κ3) is 4.71. The van der Waals surface area contributed by atoms with Gasteiger partial charge in [-0.3, -0.25) is 13.9 Å². The molecule has 7 nitrogen and oxygen atoms in total. The predicted octanol–water partition coefficient (Wildman–Crippen LogP) is 1.63. The minimum Gasteiger partial charge on any atom is -0.496 e. The molecule has 1 saturated heterocycles. The maximum absolute atomic E-state index is 12.6. The second-order valence-corrected chi connectivity index (χ2v) is 7.47. The summed E-state index contributed by atoms with van der Waals surface area (Å²) in [6.45, 7) is 6.25. The Labute approximate surface area is 149 Å². The summed E-state index contributed by atoms with van der Waals surface area (Å²) in [5.74, 6) is -0.0277. The number of likely N-dealkylation sites (tertiary alicyclic amines) is 1. The first-order valence-electron chi connectivity index (χ1n) is 8.52. The molecule has 0 aromatic heterocycles. The monoisotopic (exact) mass is 370 g/mol. The van der Waals surface area contributed by atoms with Crippen molar-refractivity contribution in [3.63, 3.8) is 0 Å². The van der Waals surface area contributed by atoms with Gasteiger partial charge in [0, 0.05) is 12.6 Å². The van der Waals surface area contributed by atoms with Gasteiger partial charge >= 0.3 is 0 Å². The van der Waals surface area contributed by atoms with Crippen LogP contribution in [-0.4, -0.2) is 58.6 Å². The van der Waals surface area contributed by atoms with Gasteiger partial charge in [0.1, 0.15) is 5.75 Å². The highest BCUT2D eigenvalue weighted by Gasteiger charge is 2.25. The molecule has 0 bridgehead atoms. The van der Waals surface area contributed by atoms with Crippen molar-refractivity contribution in [2.45, 2.75) is 37.6 Å². The molecule has 1 aromatic carbocycles. The largest absolute Gasteiger partial charge is 0.496 e. The van der Waals surface area contributed by atoms with E-state index < -0.39 is 10.1 Å². The van der Waals surface area contributed by atoms with E-state index in [1.54, 1.807) is 6.92 Å². The van der Waals surface area contributed by atoms with Crippen molar-refractivity contribution in [3.8, 4) is 5.75 Å². The molecule has 1 aliphatic rings. The zero-order valence-electron chi connectivity index (χ0n) is 14.9. The Morgan fingerprint density at radius 1 is 1.36 bits per heavy atom. The van der Waals surface area contributed by atoms with E-state index in [0.717, 1.165) is 25.9 Å². The molecule has 2 rings (SSSR count). The molecule has 0 radical (unpaired) electrons. The Bertz CT molecular complexity index is 705. The normalized spacial score (nSPS) is 18.3. The molecular formula is C17H26N2O5S. The van der Waals surface area contributed by atoms with Gasteiger partial charge in [-0.2, -0.15) is 8.42 Å². The first-order chi connectivity index (χ1) is 11.9. The molecule has 0 saturated carbocycles. The fourth-order valence-corrected chi connectivity index (χ4v) is 4.03. The number of methoxy groups -OCH3 is 1. The number of carbonyl (C=O) groups is 1. The Kier molecular flexibility index (Phi) is 6.80. The summed E-state index contributed by atoms with van der Waals surface area (Å²) in [5.41, 5.74) is 0.185. The molecule has 140 valence electrons. The average molecular weight is 370 g/mol. The van der Waals surface area contributed by atoms with Crippen molar-refractivity contribution in [2.75, 3.05) is 33.4 Å².